The number of esters is 1. The van der Waals surface area contributed by atoms with Gasteiger partial charge in [0.2, 0.25) is 0 Å². The molecule has 0 aliphatic heterocycles. The predicted molar refractivity (Wildman–Crippen MR) is 94.1 cm³/mol. The Kier molecular flexibility index (Phi) is 5.01. The highest BCUT2D eigenvalue weighted by Gasteiger charge is 2.19. The van der Waals surface area contributed by atoms with E-state index in [0.717, 1.165) is 5.56 Å². The van der Waals surface area contributed by atoms with Crippen LogP contribution in [0.2, 0.25) is 0 Å². The molecule has 120 valence electrons. The van der Waals surface area contributed by atoms with E-state index in [9.17, 15) is 4.79 Å². The summed E-state index contributed by atoms with van der Waals surface area (Å²) in [6.45, 7) is 5.76. The van der Waals surface area contributed by atoms with Crippen LogP contribution < -0.4 is 15.2 Å². The predicted octanol–water partition coefficient (Wildman–Crippen LogP) is 3.72. The zero-order chi connectivity index (χ0) is 17.0. The lowest BCUT2D eigenvalue weighted by Gasteiger charge is -2.22. The fourth-order valence-corrected chi connectivity index (χ4v) is 2.04. The molecular formula is C18H19NO3S. The van der Waals surface area contributed by atoms with Crippen LogP contribution in [-0.2, 0) is 0 Å². The second-order valence-corrected chi connectivity index (χ2v) is 6.43. The van der Waals surface area contributed by atoms with Crippen LogP contribution >= 0.6 is 12.2 Å². The summed E-state index contributed by atoms with van der Waals surface area (Å²) in [5.41, 5.74) is 6.23. The van der Waals surface area contributed by atoms with E-state index in [-0.39, 0.29) is 0 Å². The smallest absolute Gasteiger partial charge is 0.347 e. The summed E-state index contributed by atoms with van der Waals surface area (Å²) in [6.07, 6.45) is 0. The number of rotatable bonds is 4. The van der Waals surface area contributed by atoms with Gasteiger partial charge in [0.25, 0.3) is 0 Å². The van der Waals surface area contributed by atoms with Gasteiger partial charge in [0, 0.05) is 5.56 Å². The Bertz CT molecular complexity index is 718. The monoisotopic (exact) mass is 329 g/mol. The van der Waals surface area contributed by atoms with Crippen molar-refractivity contribution in [2.75, 3.05) is 0 Å². The third kappa shape index (κ3) is 4.79. The topological polar surface area (TPSA) is 61.5 Å². The standard InChI is InChI=1S/C18H19NO3S/c1-18(2,3)22-15-7-5-4-6-14(15)17(20)21-13-10-8-12(9-11-13)16(19)23/h4-11H,1-3H3,(H2,19,23). The minimum atomic E-state index is -0.479. The van der Waals surface area contributed by atoms with E-state index in [4.69, 9.17) is 27.4 Å². The van der Waals surface area contributed by atoms with Gasteiger partial charge < -0.3 is 15.2 Å². The largest absolute Gasteiger partial charge is 0.487 e. The van der Waals surface area contributed by atoms with Gasteiger partial charge >= 0.3 is 5.97 Å². The summed E-state index contributed by atoms with van der Waals surface area (Å²) in [5.74, 6) is 0.429. The molecule has 0 unspecified atom stereocenters. The van der Waals surface area contributed by atoms with Crippen LogP contribution in [0.3, 0.4) is 0 Å². The number of hydrogen-bond acceptors (Lipinski definition) is 4. The highest BCUT2D eigenvalue weighted by molar-refractivity contribution is 7.80. The number of para-hydroxylation sites is 1. The molecule has 2 rings (SSSR count). The van der Waals surface area contributed by atoms with Crippen LogP contribution in [0.25, 0.3) is 0 Å². The van der Waals surface area contributed by atoms with Crippen molar-refractivity contribution in [1.29, 1.82) is 0 Å². The van der Waals surface area contributed by atoms with Crippen molar-refractivity contribution in [2.24, 2.45) is 5.73 Å². The van der Waals surface area contributed by atoms with Crippen molar-refractivity contribution in [2.45, 2.75) is 26.4 Å². The molecule has 0 radical (unpaired) electrons. The molecule has 0 amide bonds. The van der Waals surface area contributed by atoms with E-state index in [1.165, 1.54) is 0 Å². The Morgan fingerprint density at radius 3 is 2.22 bits per heavy atom. The molecule has 2 N–H and O–H groups in total. The van der Waals surface area contributed by atoms with Gasteiger partial charge in [-0.1, -0.05) is 24.4 Å². The minimum absolute atomic E-state index is 0.298. The molecule has 0 bridgehead atoms. The van der Waals surface area contributed by atoms with Gasteiger partial charge in [0.1, 0.15) is 27.7 Å². The van der Waals surface area contributed by atoms with Crippen LogP contribution in [0.5, 0.6) is 11.5 Å². The summed E-state index contributed by atoms with van der Waals surface area (Å²) >= 11 is 4.89. The molecule has 4 nitrogen and oxygen atoms in total. The van der Waals surface area contributed by atoms with Crippen molar-refractivity contribution in [1.82, 2.24) is 0 Å². The number of carbonyl (C=O) groups is 1. The van der Waals surface area contributed by atoms with Crippen molar-refractivity contribution in [3.05, 3.63) is 59.7 Å². The van der Waals surface area contributed by atoms with Gasteiger partial charge in [-0.2, -0.15) is 0 Å². The Morgan fingerprint density at radius 1 is 1.04 bits per heavy atom. The number of carbonyl (C=O) groups excluding carboxylic acids is 1. The van der Waals surface area contributed by atoms with Crippen molar-refractivity contribution in [3.8, 4) is 11.5 Å². The molecule has 0 atom stereocenters. The van der Waals surface area contributed by atoms with Crippen LogP contribution in [0.1, 0.15) is 36.7 Å². The molecule has 0 heterocycles. The first-order valence-corrected chi connectivity index (χ1v) is 7.57. The lowest BCUT2D eigenvalue weighted by atomic mass is 10.1. The first-order valence-electron chi connectivity index (χ1n) is 7.16. The summed E-state index contributed by atoms with van der Waals surface area (Å²) in [4.78, 5) is 12.7. The van der Waals surface area contributed by atoms with Crippen molar-refractivity contribution in [3.63, 3.8) is 0 Å². The average Bonchev–Trinajstić information content (AvgIpc) is 2.46. The SMILES string of the molecule is CC(C)(C)Oc1ccccc1C(=O)Oc1ccc(C(N)=S)cc1. The summed E-state index contributed by atoms with van der Waals surface area (Å²) in [7, 11) is 0. The Labute approximate surface area is 141 Å². The van der Waals surface area contributed by atoms with E-state index in [2.05, 4.69) is 0 Å². The van der Waals surface area contributed by atoms with Gasteiger partial charge in [-0.15, -0.1) is 0 Å². The lowest BCUT2D eigenvalue weighted by Crippen LogP contribution is -2.24. The fraction of sp³-hybridized carbons (Fsp3) is 0.222. The van der Waals surface area contributed by atoms with E-state index in [1.54, 1.807) is 42.5 Å². The lowest BCUT2D eigenvalue weighted by molar-refractivity contribution is 0.0718. The highest BCUT2D eigenvalue weighted by atomic mass is 32.1. The van der Waals surface area contributed by atoms with Crippen molar-refractivity contribution < 1.29 is 14.3 Å². The van der Waals surface area contributed by atoms with Crippen molar-refractivity contribution >= 4 is 23.2 Å². The van der Waals surface area contributed by atoms with Crippen LogP contribution in [-0.4, -0.2) is 16.6 Å². The highest BCUT2D eigenvalue weighted by Crippen LogP contribution is 2.24. The Morgan fingerprint density at radius 2 is 1.65 bits per heavy atom. The second-order valence-electron chi connectivity index (χ2n) is 5.99. The minimum Gasteiger partial charge on any atom is -0.487 e. The maximum absolute atomic E-state index is 12.4. The third-order valence-corrected chi connectivity index (χ3v) is 3.11. The number of thiocarbonyl (C=S) groups is 1. The molecule has 0 spiro atoms. The number of ether oxygens (including phenoxy) is 2. The third-order valence-electron chi connectivity index (χ3n) is 2.87. The fourth-order valence-electron chi connectivity index (χ4n) is 1.90. The van der Waals surface area contributed by atoms with Crippen LogP contribution in [0, 0.1) is 0 Å². The van der Waals surface area contributed by atoms with E-state index in [0.29, 0.717) is 22.1 Å². The van der Waals surface area contributed by atoms with Gasteiger partial charge in [0.15, 0.2) is 0 Å². The van der Waals surface area contributed by atoms with E-state index < -0.39 is 11.6 Å². The molecular weight excluding hydrogens is 310 g/mol. The Balaban J connectivity index is 2.19. The van der Waals surface area contributed by atoms with Gasteiger partial charge in [-0.25, -0.2) is 4.79 Å². The molecule has 23 heavy (non-hydrogen) atoms. The van der Waals surface area contributed by atoms with E-state index >= 15 is 0 Å². The maximum atomic E-state index is 12.4. The molecule has 2 aromatic rings. The zero-order valence-electron chi connectivity index (χ0n) is 13.3. The molecule has 0 saturated heterocycles. The first kappa shape index (κ1) is 17.0. The average molecular weight is 329 g/mol. The summed E-state index contributed by atoms with van der Waals surface area (Å²) in [6, 6.07) is 13.7. The zero-order valence-corrected chi connectivity index (χ0v) is 14.1. The van der Waals surface area contributed by atoms with Gasteiger partial charge in [-0.3, -0.25) is 0 Å². The van der Waals surface area contributed by atoms with Gasteiger partial charge in [-0.05, 0) is 57.2 Å². The molecule has 0 aliphatic carbocycles. The number of nitrogens with two attached hydrogens (primary N) is 1. The molecule has 0 saturated carbocycles. The second kappa shape index (κ2) is 6.79. The summed E-state index contributed by atoms with van der Waals surface area (Å²) in [5, 5.41) is 0. The first-order chi connectivity index (χ1) is 10.8. The molecule has 2 aromatic carbocycles. The summed E-state index contributed by atoms with van der Waals surface area (Å²) < 4.78 is 11.2. The van der Waals surface area contributed by atoms with Gasteiger partial charge in [0.05, 0.1) is 0 Å². The molecule has 0 fully saturated rings. The van der Waals surface area contributed by atoms with E-state index in [1.807, 2.05) is 26.8 Å². The normalized spacial score (nSPS) is 10.9. The number of hydrogen-bond donors (Lipinski definition) is 1. The molecule has 5 heteroatoms. The molecule has 0 aliphatic rings. The van der Waals surface area contributed by atoms with Crippen LogP contribution in [0.4, 0.5) is 0 Å². The maximum Gasteiger partial charge on any atom is 0.347 e. The van der Waals surface area contributed by atoms with Crippen LogP contribution in [0.15, 0.2) is 48.5 Å². The number of benzene rings is 2. The molecule has 0 aromatic heterocycles. The Hall–Kier alpha value is -2.40. The quantitative estimate of drug-likeness (QED) is 0.526.